The van der Waals surface area contributed by atoms with Crippen molar-refractivity contribution >= 4 is 10.0 Å². The van der Waals surface area contributed by atoms with Crippen LogP contribution in [0.4, 0.5) is 0 Å². The molecule has 1 saturated heterocycles. The van der Waals surface area contributed by atoms with Crippen LogP contribution in [0, 0.1) is 5.41 Å². The maximum absolute atomic E-state index is 12.7. The number of rotatable bonds is 3. The van der Waals surface area contributed by atoms with E-state index in [2.05, 4.69) is 25.5 Å². The molecular formula is C18H27NO3S. The van der Waals surface area contributed by atoms with E-state index in [1.165, 1.54) is 0 Å². The molecular weight excluding hydrogens is 310 g/mol. The highest BCUT2D eigenvalue weighted by atomic mass is 32.2. The highest BCUT2D eigenvalue weighted by molar-refractivity contribution is 7.89. The maximum Gasteiger partial charge on any atom is 0.240 e. The van der Waals surface area contributed by atoms with Gasteiger partial charge in [-0.1, -0.05) is 32.9 Å². The van der Waals surface area contributed by atoms with Crippen molar-refractivity contribution in [1.82, 2.24) is 4.72 Å². The van der Waals surface area contributed by atoms with Crippen LogP contribution in [0.3, 0.4) is 0 Å². The Kier molecular flexibility index (Phi) is 4.32. The number of hydrogen-bond donors (Lipinski definition) is 1. The van der Waals surface area contributed by atoms with E-state index < -0.39 is 10.0 Å². The van der Waals surface area contributed by atoms with E-state index in [0.29, 0.717) is 4.90 Å². The predicted molar refractivity (Wildman–Crippen MR) is 91.0 cm³/mol. The van der Waals surface area contributed by atoms with E-state index in [4.69, 9.17) is 4.74 Å². The summed E-state index contributed by atoms with van der Waals surface area (Å²) < 4.78 is 33.7. The molecule has 1 aromatic carbocycles. The maximum atomic E-state index is 12.7. The molecule has 4 nitrogen and oxygen atoms in total. The van der Waals surface area contributed by atoms with Crippen LogP contribution in [0.1, 0.15) is 52.0 Å². The van der Waals surface area contributed by atoms with Crippen LogP contribution in [0.2, 0.25) is 0 Å². The van der Waals surface area contributed by atoms with Crippen molar-refractivity contribution in [2.45, 2.75) is 62.8 Å². The lowest BCUT2D eigenvalue weighted by atomic mass is 9.60. The van der Waals surface area contributed by atoms with Crippen molar-refractivity contribution in [3.63, 3.8) is 0 Å². The average Bonchev–Trinajstić information content (AvgIpc) is 2.52. The van der Waals surface area contributed by atoms with Gasteiger partial charge in [-0.3, -0.25) is 0 Å². The zero-order valence-corrected chi connectivity index (χ0v) is 15.1. The third kappa shape index (κ3) is 3.32. The molecule has 2 aliphatic rings. The summed E-state index contributed by atoms with van der Waals surface area (Å²) in [6, 6.07) is 7.33. The Hall–Kier alpha value is -0.910. The topological polar surface area (TPSA) is 55.4 Å². The molecule has 1 heterocycles. The normalized spacial score (nSPS) is 24.4. The molecule has 1 saturated carbocycles. The fourth-order valence-corrected chi connectivity index (χ4v) is 5.02. The number of hydrogen-bond acceptors (Lipinski definition) is 3. The first-order valence-corrected chi connectivity index (χ1v) is 9.92. The second kappa shape index (κ2) is 5.87. The van der Waals surface area contributed by atoms with Crippen LogP contribution < -0.4 is 4.72 Å². The van der Waals surface area contributed by atoms with Gasteiger partial charge in [-0.05, 0) is 54.2 Å². The minimum atomic E-state index is -3.45. The van der Waals surface area contributed by atoms with Crippen molar-refractivity contribution in [3.05, 3.63) is 29.8 Å². The largest absolute Gasteiger partial charge is 0.381 e. The monoisotopic (exact) mass is 337 g/mol. The van der Waals surface area contributed by atoms with Gasteiger partial charge < -0.3 is 4.74 Å². The van der Waals surface area contributed by atoms with Gasteiger partial charge in [0, 0.05) is 19.3 Å². The summed E-state index contributed by atoms with van der Waals surface area (Å²) in [6.07, 6.45) is 3.96. The Labute approximate surface area is 139 Å². The Morgan fingerprint density at radius 3 is 2.17 bits per heavy atom. The van der Waals surface area contributed by atoms with Gasteiger partial charge in [0.15, 0.2) is 0 Å². The Bertz CT molecular complexity index is 653. The summed E-state index contributed by atoms with van der Waals surface area (Å²) in [6.45, 7) is 7.87. The fourth-order valence-electron chi connectivity index (χ4n) is 3.65. The lowest BCUT2D eigenvalue weighted by molar-refractivity contribution is -0.0483. The van der Waals surface area contributed by atoms with Crippen LogP contribution in [-0.2, 0) is 20.2 Å². The molecule has 1 aliphatic carbocycles. The predicted octanol–water partition coefficient (Wildman–Crippen LogP) is 3.22. The molecule has 1 atom stereocenters. The van der Waals surface area contributed by atoms with Crippen molar-refractivity contribution in [1.29, 1.82) is 0 Å². The zero-order chi connectivity index (χ0) is 16.7. The number of sulfonamides is 1. The van der Waals surface area contributed by atoms with Crippen molar-refractivity contribution in [2.24, 2.45) is 5.41 Å². The Balaban J connectivity index is 1.74. The smallest absolute Gasteiger partial charge is 0.240 e. The minimum Gasteiger partial charge on any atom is -0.381 e. The molecule has 5 heteroatoms. The highest BCUT2D eigenvalue weighted by Gasteiger charge is 2.48. The van der Waals surface area contributed by atoms with Gasteiger partial charge in [-0.15, -0.1) is 0 Å². The first kappa shape index (κ1) is 16.9. The van der Waals surface area contributed by atoms with Crippen LogP contribution >= 0.6 is 0 Å². The van der Waals surface area contributed by atoms with Gasteiger partial charge in [-0.2, -0.15) is 0 Å². The Morgan fingerprint density at radius 1 is 1.09 bits per heavy atom. The van der Waals surface area contributed by atoms with Gasteiger partial charge in [0.2, 0.25) is 10.0 Å². The standard InChI is InChI=1S/C18H27NO3S/c1-17(2,3)14-4-6-15(7-5-14)23(20,21)19-16-8-9-18(16)10-12-22-13-11-18/h4-7,16,19H,8-13H2,1-3H3. The summed E-state index contributed by atoms with van der Waals surface area (Å²) in [5.41, 5.74) is 1.29. The van der Waals surface area contributed by atoms with Gasteiger partial charge in [0.05, 0.1) is 4.90 Å². The second-order valence-corrected chi connectivity index (χ2v) is 9.68. The molecule has 128 valence electrons. The van der Waals surface area contributed by atoms with Crippen LogP contribution in [-0.4, -0.2) is 27.7 Å². The summed E-state index contributed by atoms with van der Waals surface area (Å²) >= 11 is 0. The van der Waals surface area contributed by atoms with E-state index in [-0.39, 0.29) is 16.9 Å². The summed E-state index contributed by atoms with van der Waals surface area (Å²) in [4.78, 5) is 0.361. The van der Waals surface area contributed by atoms with Gasteiger partial charge in [-0.25, -0.2) is 13.1 Å². The lowest BCUT2D eigenvalue weighted by Gasteiger charge is -2.51. The fraction of sp³-hybridized carbons (Fsp3) is 0.667. The molecule has 0 bridgehead atoms. The van der Waals surface area contributed by atoms with Crippen LogP contribution in [0.5, 0.6) is 0 Å². The molecule has 1 aliphatic heterocycles. The third-order valence-corrected chi connectivity index (χ3v) is 6.97. The lowest BCUT2D eigenvalue weighted by Crippen LogP contribution is -2.57. The van der Waals surface area contributed by atoms with E-state index in [9.17, 15) is 8.42 Å². The zero-order valence-electron chi connectivity index (χ0n) is 14.3. The van der Waals surface area contributed by atoms with E-state index in [1.54, 1.807) is 12.1 Å². The summed E-state index contributed by atoms with van der Waals surface area (Å²) in [7, 11) is -3.45. The van der Waals surface area contributed by atoms with E-state index in [0.717, 1.165) is 44.5 Å². The van der Waals surface area contributed by atoms with Crippen molar-refractivity contribution in [2.75, 3.05) is 13.2 Å². The van der Waals surface area contributed by atoms with Crippen LogP contribution in [0.25, 0.3) is 0 Å². The molecule has 1 aromatic rings. The van der Waals surface area contributed by atoms with Crippen LogP contribution in [0.15, 0.2) is 29.2 Å². The number of nitrogens with one attached hydrogen (secondary N) is 1. The molecule has 0 aromatic heterocycles. The molecule has 3 rings (SSSR count). The SMILES string of the molecule is CC(C)(C)c1ccc(S(=O)(=O)NC2CCC23CCOCC3)cc1. The van der Waals surface area contributed by atoms with Crippen molar-refractivity contribution < 1.29 is 13.2 Å². The molecule has 2 fully saturated rings. The average molecular weight is 337 g/mol. The van der Waals surface area contributed by atoms with Gasteiger partial charge in [0.1, 0.15) is 0 Å². The minimum absolute atomic E-state index is 0.0237. The molecule has 0 radical (unpaired) electrons. The number of benzene rings is 1. The summed E-state index contributed by atoms with van der Waals surface area (Å²) in [5, 5.41) is 0. The molecule has 23 heavy (non-hydrogen) atoms. The molecule has 1 unspecified atom stereocenters. The molecule has 1 N–H and O–H groups in total. The van der Waals surface area contributed by atoms with Crippen molar-refractivity contribution in [3.8, 4) is 0 Å². The Morgan fingerprint density at radius 2 is 1.70 bits per heavy atom. The number of ether oxygens (including phenoxy) is 1. The van der Waals surface area contributed by atoms with E-state index >= 15 is 0 Å². The molecule has 0 amide bonds. The first-order valence-electron chi connectivity index (χ1n) is 8.44. The first-order chi connectivity index (χ1) is 10.7. The third-order valence-electron chi connectivity index (χ3n) is 5.49. The quantitative estimate of drug-likeness (QED) is 0.921. The van der Waals surface area contributed by atoms with E-state index in [1.807, 2.05) is 12.1 Å². The molecule has 1 spiro atoms. The second-order valence-electron chi connectivity index (χ2n) is 7.96. The van der Waals surface area contributed by atoms with Gasteiger partial charge >= 0.3 is 0 Å². The summed E-state index contributed by atoms with van der Waals surface area (Å²) in [5.74, 6) is 0. The van der Waals surface area contributed by atoms with Gasteiger partial charge in [0.25, 0.3) is 0 Å². The highest BCUT2D eigenvalue weighted by Crippen LogP contribution is 2.49.